The van der Waals surface area contributed by atoms with Crippen molar-refractivity contribution in [3.05, 3.63) is 65.7 Å². The minimum Gasteiger partial charge on any atom is -0.497 e. The Hall–Kier alpha value is -3.87. The van der Waals surface area contributed by atoms with Crippen molar-refractivity contribution in [2.75, 3.05) is 25.6 Å². The highest BCUT2D eigenvalue weighted by atomic mass is 16.5. The summed E-state index contributed by atoms with van der Waals surface area (Å²) in [5.74, 6) is -0.415. The summed E-state index contributed by atoms with van der Waals surface area (Å²) >= 11 is 0. The van der Waals surface area contributed by atoms with E-state index in [0.29, 0.717) is 17.0 Å². The molecule has 0 bridgehead atoms. The first-order valence-corrected chi connectivity index (χ1v) is 9.79. The normalized spacial score (nSPS) is 13.5. The molecule has 1 N–H and O–H groups in total. The van der Waals surface area contributed by atoms with Gasteiger partial charge in [0.2, 0.25) is 0 Å². The Morgan fingerprint density at radius 1 is 1.06 bits per heavy atom. The second-order valence-corrected chi connectivity index (χ2v) is 7.27. The number of carbonyl (C=O) groups excluding carboxylic acids is 3. The molecular formula is C24H21NO6. The molecule has 1 heterocycles. The Morgan fingerprint density at radius 3 is 2.65 bits per heavy atom. The van der Waals surface area contributed by atoms with Gasteiger partial charge < -0.3 is 19.5 Å². The number of amides is 1. The van der Waals surface area contributed by atoms with Crippen LogP contribution in [0, 0.1) is 0 Å². The van der Waals surface area contributed by atoms with Crippen molar-refractivity contribution in [1.29, 1.82) is 0 Å². The van der Waals surface area contributed by atoms with Crippen LogP contribution in [0.3, 0.4) is 0 Å². The molecule has 0 fully saturated rings. The predicted octanol–water partition coefficient (Wildman–Crippen LogP) is 3.71. The van der Waals surface area contributed by atoms with E-state index in [2.05, 4.69) is 5.32 Å². The lowest BCUT2D eigenvalue weighted by molar-refractivity contribution is -0.143. The summed E-state index contributed by atoms with van der Waals surface area (Å²) in [6, 6.07) is 16.1. The number of methoxy groups -OCH3 is 1. The summed E-state index contributed by atoms with van der Waals surface area (Å²) < 4.78 is 15.8. The number of hydrogen-bond donors (Lipinski definition) is 1. The van der Waals surface area contributed by atoms with Crippen molar-refractivity contribution in [2.45, 2.75) is 12.8 Å². The topological polar surface area (TPSA) is 90.9 Å². The molecule has 4 rings (SSSR count). The molecule has 0 aliphatic carbocycles. The number of anilines is 1. The molecule has 3 aromatic carbocycles. The molecule has 0 unspecified atom stereocenters. The minimum absolute atomic E-state index is 0.0574. The zero-order valence-electron chi connectivity index (χ0n) is 17.1. The van der Waals surface area contributed by atoms with Crippen LogP contribution in [-0.2, 0) is 14.3 Å². The molecule has 0 saturated carbocycles. The minimum atomic E-state index is -0.532. The van der Waals surface area contributed by atoms with E-state index in [1.54, 1.807) is 26.2 Å². The Morgan fingerprint density at radius 2 is 1.84 bits per heavy atom. The summed E-state index contributed by atoms with van der Waals surface area (Å²) in [4.78, 5) is 36.4. The molecule has 0 spiro atoms. The third-order valence-corrected chi connectivity index (χ3v) is 5.20. The average Bonchev–Trinajstić information content (AvgIpc) is 2.80. The molecule has 3 aromatic rings. The summed E-state index contributed by atoms with van der Waals surface area (Å²) in [5.41, 5.74) is 1.54. The number of ether oxygens (including phenoxy) is 3. The molecule has 1 aliphatic rings. The number of Topliss-reactive ketones (excluding diaryl/α,β-unsaturated/α-hetero) is 1. The average molecular weight is 419 g/mol. The lowest BCUT2D eigenvalue weighted by Crippen LogP contribution is -2.25. The van der Waals surface area contributed by atoms with E-state index < -0.39 is 11.9 Å². The number of benzene rings is 3. The molecule has 7 heteroatoms. The second-order valence-electron chi connectivity index (χ2n) is 7.27. The van der Waals surface area contributed by atoms with E-state index in [9.17, 15) is 14.4 Å². The molecular weight excluding hydrogens is 398 g/mol. The first-order valence-electron chi connectivity index (χ1n) is 9.79. The van der Waals surface area contributed by atoms with Gasteiger partial charge in [0.15, 0.2) is 19.0 Å². The van der Waals surface area contributed by atoms with Crippen LogP contribution >= 0.6 is 0 Å². The maximum atomic E-state index is 12.5. The van der Waals surface area contributed by atoms with Gasteiger partial charge in [-0.15, -0.1) is 0 Å². The van der Waals surface area contributed by atoms with Crippen molar-refractivity contribution < 1.29 is 28.6 Å². The number of esters is 1. The van der Waals surface area contributed by atoms with E-state index in [0.717, 1.165) is 22.1 Å². The molecule has 1 aliphatic heterocycles. The van der Waals surface area contributed by atoms with E-state index in [1.165, 1.54) is 6.07 Å². The maximum Gasteiger partial charge on any atom is 0.313 e. The third kappa shape index (κ3) is 4.35. The lowest BCUT2D eigenvalue weighted by Gasteiger charge is -2.18. The van der Waals surface area contributed by atoms with Crippen molar-refractivity contribution in [3.63, 3.8) is 0 Å². The van der Waals surface area contributed by atoms with Gasteiger partial charge in [0.25, 0.3) is 5.91 Å². The molecule has 7 nitrogen and oxygen atoms in total. The van der Waals surface area contributed by atoms with Gasteiger partial charge in [0, 0.05) is 5.56 Å². The fourth-order valence-electron chi connectivity index (χ4n) is 3.38. The first-order chi connectivity index (χ1) is 14.9. The van der Waals surface area contributed by atoms with Gasteiger partial charge in [-0.25, -0.2) is 0 Å². The zero-order chi connectivity index (χ0) is 22.0. The second kappa shape index (κ2) is 8.47. The summed E-state index contributed by atoms with van der Waals surface area (Å²) in [7, 11) is 1.61. The lowest BCUT2D eigenvalue weighted by atomic mass is 9.98. The van der Waals surface area contributed by atoms with Crippen molar-refractivity contribution in [1.82, 2.24) is 0 Å². The number of hydrogen-bond acceptors (Lipinski definition) is 6. The number of nitrogens with one attached hydrogen (secondary N) is 1. The number of ketones is 1. The smallest absolute Gasteiger partial charge is 0.313 e. The SMILES string of the molecule is COc1ccc2cc([C@H](C)C(=O)OCC(=O)c3ccc4c(c3)NC(=O)CO4)ccc2c1. The van der Waals surface area contributed by atoms with Gasteiger partial charge in [-0.05, 0) is 53.6 Å². The van der Waals surface area contributed by atoms with Crippen LogP contribution in [0.5, 0.6) is 11.5 Å². The number of rotatable bonds is 6. The standard InChI is InChI=1S/C24H21NO6/c1-14(15-3-4-17-10-19(29-2)7-5-16(17)9-15)24(28)31-12-21(26)18-6-8-22-20(11-18)25-23(27)13-30-22/h3-11,14H,12-13H2,1-2H3,(H,25,27)/t14-/m0/s1. The molecule has 0 saturated heterocycles. The fourth-order valence-corrected chi connectivity index (χ4v) is 3.38. The monoisotopic (exact) mass is 419 g/mol. The summed E-state index contributed by atoms with van der Waals surface area (Å²) in [5, 5.41) is 4.63. The molecule has 158 valence electrons. The van der Waals surface area contributed by atoms with Crippen LogP contribution in [-0.4, -0.2) is 38.0 Å². The summed E-state index contributed by atoms with van der Waals surface area (Å²) in [6.07, 6.45) is 0. The molecule has 0 radical (unpaired) electrons. The highest BCUT2D eigenvalue weighted by molar-refractivity contribution is 6.02. The highest BCUT2D eigenvalue weighted by Gasteiger charge is 2.21. The van der Waals surface area contributed by atoms with Crippen molar-refractivity contribution in [2.24, 2.45) is 0 Å². The zero-order valence-corrected chi connectivity index (χ0v) is 17.1. The van der Waals surface area contributed by atoms with Crippen LogP contribution in [0.2, 0.25) is 0 Å². The Balaban J connectivity index is 1.41. The van der Waals surface area contributed by atoms with Crippen molar-refractivity contribution >= 4 is 34.1 Å². The van der Waals surface area contributed by atoms with Crippen LogP contribution in [0.25, 0.3) is 10.8 Å². The van der Waals surface area contributed by atoms with E-state index in [-0.39, 0.29) is 24.9 Å². The number of fused-ring (bicyclic) bond motifs is 2. The number of carbonyl (C=O) groups is 3. The van der Waals surface area contributed by atoms with E-state index >= 15 is 0 Å². The van der Waals surface area contributed by atoms with E-state index in [4.69, 9.17) is 14.2 Å². The van der Waals surface area contributed by atoms with Gasteiger partial charge in [-0.3, -0.25) is 14.4 Å². The van der Waals surface area contributed by atoms with E-state index in [1.807, 2.05) is 36.4 Å². The van der Waals surface area contributed by atoms with Crippen LogP contribution < -0.4 is 14.8 Å². The fraction of sp³-hybridized carbons (Fsp3) is 0.208. The molecule has 31 heavy (non-hydrogen) atoms. The van der Waals surface area contributed by atoms with Crippen LogP contribution in [0.15, 0.2) is 54.6 Å². The van der Waals surface area contributed by atoms with Gasteiger partial charge in [-0.2, -0.15) is 0 Å². The van der Waals surface area contributed by atoms with Gasteiger partial charge in [-0.1, -0.05) is 24.3 Å². The molecule has 1 atom stereocenters. The van der Waals surface area contributed by atoms with Gasteiger partial charge in [0.05, 0.1) is 18.7 Å². The van der Waals surface area contributed by atoms with Crippen LogP contribution in [0.1, 0.15) is 28.8 Å². The predicted molar refractivity (Wildman–Crippen MR) is 115 cm³/mol. The van der Waals surface area contributed by atoms with Gasteiger partial charge >= 0.3 is 5.97 Å². The maximum absolute atomic E-state index is 12.5. The Labute approximate surface area is 178 Å². The molecule has 0 aromatic heterocycles. The van der Waals surface area contributed by atoms with Crippen molar-refractivity contribution in [3.8, 4) is 11.5 Å². The molecule has 1 amide bonds. The highest BCUT2D eigenvalue weighted by Crippen LogP contribution is 2.29. The summed E-state index contributed by atoms with van der Waals surface area (Å²) in [6.45, 7) is 1.29. The van der Waals surface area contributed by atoms with Crippen LogP contribution in [0.4, 0.5) is 5.69 Å². The largest absolute Gasteiger partial charge is 0.497 e. The van der Waals surface area contributed by atoms with Gasteiger partial charge in [0.1, 0.15) is 11.5 Å². The quantitative estimate of drug-likeness (QED) is 0.484. The Kier molecular flexibility index (Phi) is 5.58. The first kappa shape index (κ1) is 20.4. The third-order valence-electron chi connectivity index (χ3n) is 5.20. The Bertz CT molecular complexity index is 1190.